The monoisotopic (exact) mass is 376 g/mol. The average molecular weight is 376 g/mol. The molecule has 0 fully saturated rings. The quantitative estimate of drug-likeness (QED) is 0.580. The van der Waals surface area contributed by atoms with Gasteiger partial charge in [0, 0.05) is 17.4 Å². The van der Waals surface area contributed by atoms with Gasteiger partial charge < -0.3 is 5.11 Å². The Hall–Kier alpha value is -2.27. The van der Waals surface area contributed by atoms with Crippen molar-refractivity contribution in [2.75, 3.05) is 0 Å². The third-order valence-corrected chi connectivity index (χ3v) is 4.12. The van der Waals surface area contributed by atoms with Gasteiger partial charge in [-0.2, -0.15) is 26.3 Å². The first kappa shape index (κ1) is 20.0. The molecule has 2 aliphatic rings. The number of halogens is 6. The third-order valence-electron chi connectivity index (χ3n) is 4.12. The zero-order valence-electron chi connectivity index (χ0n) is 13.7. The van der Waals surface area contributed by atoms with Gasteiger partial charge >= 0.3 is 18.0 Å². The van der Waals surface area contributed by atoms with Crippen LogP contribution in [0.4, 0.5) is 26.3 Å². The summed E-state index contributed by atoms with van der Waals surface area (Å²) in [6, 6.07) is 0. The van der Waals surface area contributed by atoms with Gasteiger partial charge in [0.2, 0.25) is 0 Å². The van der Waals surface area contributed by atoms with Gasteiger partial charge in [0.05, 0.1) is 0 Å². The predicted molar refractivity (Wildman–Crippen MR) is 81.6 cm³/mol. The number of allylic oxidation sites excluding steroid dienone is 8. The summed E-state index contributed by atoms with van der Waals surface area (Å²) in [6.07, 6.45) is -4.70. The second-order valence-electron chi connectivity index (χ2n) is 6.53. The maximum atomic E-state index is 12.6. The van der Waals surface area contributed by atoms with Crippen LogP contribution < -0.4 is 0 Å². The number of ketones is 1. The minimum atomic E-state index is -5.98. The minimum Gasteiger partial charge on any atom is -0.363 e. The molecule has 0 bridgehead atoms. The number of fused-ring (bicyclic) bond motifs is 1. The lowest BCUT2D eigenvalue weighted by Gasteiger charge is -2.29. The summed E-state index contributed by atoms with van der Waals surface area (Å²) in [5.74, 6) is 2.54. The van der Waals surface area contributed by atoms with Crippen molar-refractivity contribution in [3.05, 3.63) is 47.1 Å². The van der Waals surface area contributed by atoms with Crippen LogP contribution in [-0.4, -0.2) is 28.8 Å². The molecular weight excluding hydrogens is 362 g/mol. The Labute approximate surface area is 145 Å². The van der Waals surface area contributed by atoms with E-state index in [1.807, 2.05) is 5.92 Å². The lowest BCUT2D eigenvalue weighted by Crippen LogP contribution is -2.55. The van der Waals surface area contributed by atoms with E-state index in [0.29, 0.717) is 16.7 Å². The molecule has 0 saturated heterocycles. The largest absolute Gasteiger partial charge is 0.438 e. The molecule has 8 heteroatoms. The first-order valence-electron chi connectivity index (χ1n) is 7.42. The van der Waals surface area contributed by atoms with Gasteiger partial charge in [0.1, 0.15) is 0 Å². The second-order valence-corrected chi connectivity index (χ2v) is 6.53. The maximum absolute atomic E-state index is 12.6. The van der Waals surface area contributed by atoms with Crippen LogP contribution in [0.5, 0.6) is 0 Å². The first-order chi connectivity index (χ1) is 11.7. The van der Waals surface area contributed by atoms with E-state index in [4.69, 9.17) is 5.11 Å². The highest BCUT2D eigenvalue weighted by Gasteiger charge is 2.70. The van der Waals surface area contributed by atoms with Crippen molar-refractivity contribution in [1.29, 1.82) is 0 Å². The SMILES string of the molecule is CC(C)(CC#CC(O)(C(F)(F)F)C(F)(F)F)C1=CC=C2C(=O)C=CC=C21. The summed E-state index contributed by atoms with van der Waals surface area (Å²) < 4.78 is 75.8. The van der Waals surface area contributed by atoms with Crippen molar-refractivity contribution < 1.29 is 36.2 Å². The van der Waals surface area contributed by atoms with Gasteiger partial charge in [0.25, 0.3) is 0 Å². The highest BCUT2D eigenvalue weighted by atomic mass is 19.4. The van der Waals surface area contributed by atoms with Crippen molar-refractivity contribution in [2.24, 2.45) is 5.41 Å². The first-order valence-corrected chi connectivity index (χ1v) is 7.42. The van der Waals surface area contributed by atoms with Gasteiger partial charge in [0.15, 0.2) is 5.78 Å². The molecule has 2 rings (SSSR count). The standard InChI is InChI=1S/C18H14F6O2/c1-15(2,13-8-7-12-11(13)5-3-6-14(12)25)9-4-10-16(26,17(19,20)21)18(22,23)24/h3,5-8,26H,9H2,1-2H3. The van der Waals surface area contributed by atoms with Gasteiger partial charge in [-0.15, -0.1) is 0 Å². The fourth-order valence-electron chi connectivity index (χ4n) is 2.59. The summed E-state index contributed by atoms with van der Waals surface area (Å²) in [5.41, 5.74) is -4.49. The lowest BCUT2D eigenvalue weighted by atomic mass is 9.76. The van der Waals surface area contributed by atoms with Crippen LogP contribution >= 0.6 is 0 Å². The Bertz CT molecular complexity index is 793. The van der Waals surface area contributed by atoms with E-state index in [-0.39, 0.29) is 12.2 Å². The van der Waals surface area contributed by atoms with Gasteiger partial charge in [-0.3, -0.25) is 4.79 Å². The van der Waals surface area contributed by atoms with Crippen molar-refractivity contribution >= 4 is 5.78 Å². The highest BCUT2D eigenvalue weighted by molar-refractivity contribution is 6.11. The highest BCUT2D eigenvalue weighted by Crippen LogP contribution is 2.44. The number of hydrogen-bond acceptors (Lipinski definition) is 2. The molecule has 0 heterocycles. The molecule has 1 N–H and O–H groups in total. The molecular formula is C18H14F6O2. The summed E-state index contributed by atoms with van der Waals surface area (Å²) >= 11 is 0. The van der Waals surface area contributed by atoms with Crippen LogP contribution in [0, 0.1) is 17.3 Å². The molecule has 0 unspecified atom stereocenters. The molecule has 0 amide bonds. The summed E-state index contributed by atoms with van der Waals surface area (Å²) in [6.45, 7) is 3.16. The second kappa shape index (κ2) is 6.16. The summed E-state index contributed by atoms with van der Waals surface area (Å²) in [7, 11) is 0. The molecule has 0 saturated carbocycles. The molecule has 2 nitrogen and oxygen atoms in total. The summed E-state index contributed by atoms with van der Waals surface area (Å²) in [4.78, 5) is 11.8. The molecule has 0 spiro atoms. The van der Waals surface area contributed by atoms with Crippen LogP contribution in [0.25, 0.3) is 0 Å². The van der Waals surface area contributed by atoms with Crippen molar-refractivity contribution in [3.8, 4) is 11.8 Å². The predicted octanol–water partition coefficient (Wildman–Crippen LogP) is 4.19. The number of carbonyl (C=O) groups excluding carboxylic acids is 1. The Kier molecular flexibility index (Phi) is 4.75. The Balaban J connectivity index is 2.28. The van der Waals surface area contributed by atoms with E-state index < -0.39 is 23.4 Å². The molecule has 0 radical (unpaired) electrons. The molecule has 26 heavy (non-hydrogen) atoms. The maximum Gasteiger partial charge on any atom is 0.438 e. The van der Waals surface area contributed by atoms with Gasteiger partial charge in [-0.25, -0.2) is 0 Å². The Morgan fingerprint density at radius 1 is 0.962 bits per heavy atom. The van der Waals surface area contributed by atoms with Gasteiger partial charge in [-0.05, 0) is 23.1 Å². The van der Waals surface area contributed by atoms with E-state index >= 15 is 0 Å². The van der Waals surface area contributed by atoms with E-state index in [1.54, 1.807) is 32.1 Å². The van der Waals surface area contributed by atoms with Crippen LogP contribution in [0.3, 0.4) is 0 Å². The number of hydrogen-bond donors (Lipinski definition) is 1. The van der Waals surface area contributed by atoms with E-state index in [9.17, 15) is 31.1 Å². The van der Waals surface area contributed by atoms with Crippen LogP contribution in [-0.2, 0) is 4.79 Å². The Morgan fingerprint density at radius 2 is 1.54 bits per heavy atom. The molecule has 0 aliphatic heterocycles. The van der Waals surface area contributed by atoms with E-state index in [2.05, 4.69) is 0 Å². The van der Waals surface area contributed by atoms with Crippen molar-refractivity contribution in [1.82, 2.24) is 0 Å². The van der Waals surface area contributed by atoms with Crippen molar-refractivity contribution in [2.45, 2.75) is 38.2 Å². The zero-order chi connectivity index (χ0) is 20.0. The fourth-order valence-corrected chi connectivity index (χ4v) is 2.59. The molecule has 0 aromatic heterocycles. The Morgan fingerprint density at radius 3 is 2.08 bits per heavy atom. The van der Waals surface area contributed by atoms with Crippen LogP contribution in [0.15, 0.2) is 47.1 Å². The third kappa shape index (κ3) is 3.36. The number of rotatable bonds is 2. The van der Waals surface area contributed by atoms with Crippen molar-refractivity contribution in [3.63, 3.8) is 0 Å². The smallest absolute Gasteiger partial charge is 0.363 e. The van der Waals surface area contributed by atoms with E-state index in [1.165, 1.54) is 12.2 Å². The zero-order valence-corrected chi connectivity index (χ0v) is 13.7. The van der Waals surface area contributed by atoms with Crippen LogP contribution in [0.1, 0.15) is 20.3 Å². The van der Waals surface area contributed by atoms with Gasteiger partial charge in [-0.1, -0.05) is 44.1 Å². The van der Waals surface area contributed by atoms with Crippen LogP contribution in [0.2, 0.25) is 0 Å². The van der Waals surface area contributed by atoms with E-state index in [0.717, 1.165) is 5.92 Å². The lowest BCUT2D eigenvalue weighted by molar-refractivity contribution is -0.343. The molecule has 2 aliphatic carbocycles. The molecule has 0 aromatic carbocycles. The fraction of sp³-hybridized carbons (Fsp3) is 0.389. The molecule has 0 atom stereocenters. The summed E-state index contributed by atoms with van der Waals surface area (Å²) in [5, 5.41) is 9.05. The topological polar surface area (TPSA) is 37.3 Å². The molecule has 140 valence electrons. The molecule has 0 aromatic rings. The number of carbonyl (C=O) groups is 1. The number of aliphatic hydroxyl groups is 1. The average Bonchev–Trinajstić information content (AvgIpc) is 2.90. The number of alkyl halides is 6. The normalized spacial score (nSPS) is 17.9. The minimum absolute atomic E-state index is 0.237.